The molecule has 0 fully saturated rings. The Labute approximate surface area is 112 Å². The van der Waals surface area contributed by atoms with E-state index in [4.69, 9.17) is 5.26 Å². The first-order valence-corrected chi connectivity index (χ1v) is 6.84. The average molecular weight is 256 g/mol. The van der Waals surface area contributed by atoms with Crippen LogP contribution in [0.25, 0.3) is 0 Å². The minimum absolute atomic E-state index is 0.414. The van der Waals surface area contributed by atoms with Crippen molar-refractivity contribution in [3.63, 3.8) is 0 Å². The molecule has 0 spiro atoms. The van der Waals surface area contributed by atoms with E-state index >= 15 is 0 Å². The highest BCUT2D eigenvalue weighted by Gasteiger charge is 2.11. The smallest absolute Gasteiger partial charge is 0.0992 e. The minimum Gasteiger partial charge on any atom is -0.371 e. The molecule has 0 radical (unpaired) electrons. The molecular formula is C15H16N2S. The second-order valence-electron chi connectivity index (χ2n) is 4.41. The van der Waals surface area contributed by atoms with Crippen molar-refractivity contribution in [3.05, 3.63) is 52.2 Å². The van der Waals surface area contributed by atoms with E-state index in [0.717, 1.165) is 12.1 Å². The number of hydrogen-bond acceptors (Lipinski definition) is 3. The Hall–Kier alpha value is -1.79. The highest BCUT2D eigenvalue weighted by molar-refractivity contribution is 7.09. The molecule has 0 aliphatic carbocycles. The Kier molecular flexibility index (Phi) is 4.01. The van der Waals surface area contributed by atoms with Gasteiger partial charge in [0.15, 0.2) is 0 Å². The Bertz CT molecular complexity index is 540. The molecule has 0 aliphatic heterocycles. The van der Waals surface area contributed by atoms with Gasteiger partial charge in [0.1, 0.15) is 0 Å². The predicted molar refractivity (Wildman–Crippen MR) is 77.0 cm³/mol. The normalized spacial score (nSPS) is 11.8. The van der Waals surface area contributed by atoms with Gasteiger partial charge in [-0.05, 0) is 36.6 Å². The highest BCUT2D eigenvalue weighted by Crippen LogP contribution is 2.20. The van der Waals surface area contributed by atoms with Gasteiger partial charge in [0.2, 0.25) is 0 Å². The van der Waals surface area contributed by atoms with Crippen LogP contribution in [0.3, 0.4) is 0 Å². The second-order valence-corrected chi connectivity index (χ2v) is 5.44. The molecule has 1 aromatic heterocycles. The van der Waals surface area contributed by atoms with Gasteiger partial charge in [0.25, 0.3) is 0 Å². The van der Waals surface area contributed by atoms with E-state index in [9.17, 15) is 0 Å². The lowest BCUT2D eigenvalue weighted by molar-refractivity contribution is 0.688. The maximum atomic E-state index is 8.92. The largest absolute Gasteiger partial charge is 0.371 e. The van der Waals surface area contributed by atoms with E-state index in [-0.39, 0.29) is 0 Å². The van der Waals surface area contributed by atoms with Crippen LogP contribution in [-0.4, -0.2) is 13.1 Å². The van der Waals surface area contributed by atoms with Crippen molar-refractivity contribution >= 4 is 17.0 Å². The number of rotatable bonds is 4. The molecule has 3 heteroatoms. The molecule has 2 nitrogen and oxygen atoms in total. The van der Waals surface area contributed by atoms with Gasteiger partial charge in [-0.2, -0.15) is 5.26 Å². The molecule has 0 bridgehead atoms. The predicted octanol–water partition coefficient (Wildman–Crippen LogP) is 3.69. The van der Waals surface area contributed by atoms with Crippen LogP contribution < -0.4 is 4.90 Å². The summed E-state index contributed by atoms with van der Waals surface area (Å²) in [6.07, 6.45) is 1.03. The number of thiophene rings is 1. The van der Waals surface area contributed by atoms with E-state index in [1.807, 2.05) is 24.3 Å². The first kappa shape index (κ1) is 12.7. The van der Waals surface area contributed by atoms with Crippen molar-refractivity contribution in [2.24, 2.45) is 0 Å². The van der Waals surface area contributed by atoms with Gasteiger partial charge in [-0.1, -0.05) is 12.1 Å². The van der Waals surface area contributed by atoms with Gasteiger partial charge >= 0.3 is 0 Å². The van der Waals surface area contributed by atoms with Crippen LogP contribution in [0.1, 0.15) is 17.4 Å². The quantitative estimate of drug-likeness (QED) is 0.834. The van der Waals surface area contributed by atoms with Crippen molar-refractivity contribution < 1.29 is 0 Å². The summed E-state index contributed by atoms with van der Waals surface area (Å²) in [6.45, 7) is 2.21. The Morgan fingerprint density at radius 1 is 1.33 bits per heavy atom. The van der Waals surface area contributed by atoms with E-state index in [0.29, 0.717) is 11.6 Å². The zero-order valence-electron chi connectivity index (χ0n) is 10.6. The first-order valence-electron chi connectivity index (χ1n) is 5.96. The summed E-state index contributed by atoms with van der Waals surface area (Å²) in [5.41, 5.74) is 1.81. The van der Waals surface area contributed by atoms with Crippen LogP contribution in [0.4, 0.5) is 5.69 Å². The Balaban J connectivity index is 2.10. The third kappa shape index (κ3) is 2.91. The minimum atomic E-state index is 0.414. The van der Waals surface area contributed by atoms with Gasteiger partial charge in [-0.3, -0.25) is 0 Å². The lowest BCUT2D eigenvalue weighted by Crippen LogP contribution is -2.30. The number of benzene rings is 1. The molecule has 1 heterocycles. The molecule has 0 saturated heterocycles. The number of nitriles is 1. The fourth-order valence-electron chi connectivity index (χ4n) is 1.91. The molecule has 2 rings (SSSR count). The van der Waals surface area contributed by atoms with Gasteiger partial charge in [-0.25, -0.2) is 0 Å². The fraction of sp³-hybridized carbons (Fsp3) is 0.267. The molecule has 0 aliphatic rings. The van der Waals surface area contributed by atoms with Crippen molar-refractivity contribution in [2.45, 2.75) is 19.4 Å². The standard InChI is InChI=1S/C15H16N2S/c1-12(9-15-7-4-8-18-15)17(2)14-6-3-5-13(10-14)11-16/h3-8,10,12H,9H2,1-2H3. The van der Waals surface area contributed by atoms with Crippen molar-refractivity contribution in [2.75, 3.05) is 11.9 Å². The van der Waals surface area contributed by atoms with Crippen LogP contribution >= 0.6 is 11.3 Å². The summed E-state index contributed by atoms with van der Waals surface area (Å²) in [5.74, 6) is 0. The summed E-state index contributed by atoms with van der Waals surface area (Å²) < 4.78 is 0. The van der Waals surface area contributed by atoms with E-state index < -0.39 is 0 Å². The van der Waals surface area contributed by atoms with E-state index in [1.165, 1.54) is 4.88 Å². The van der Waals surface area contributed by atoms with Crippen LogP contribution in [0.15, 0.2) is 41.8 Å². The molecule has 1 unspecified atom stereocenters. The maximum Gasteiger partial charge on any atom is 0.0992 e. The number of nitrogens with zero attached hydrogens (tertiary/aromatic N) is 2. The number of anilines is 1. The molecule has 0 saturated carbocycles. The monoisotopic (exact) mass is 256 g/mol. The SMILES string of the molecule is CC(Cc1cccs1)N(C)c1cccc(C#N)c1. The van der Waals surface area contributed by atoms with Gasteiger partial charge in [0, 0.05) is 30.1 Å². The Morgan fingerprint density at radius 2 is 2.17 bits per heavy atom. The van der Waals surface area contributed by atoms with Crippen molar-refractivity contribution in [3.8, 4) is 6.07 Å². The molecule has 2 aromatic rings. The Morgan fingerprint density at radius 3 is 2.83 bits per heavy atom. The lowest BCUT2D eigenvalue weighted by Gasteiger charge is -2.26. The number of hydrogen-bond donors (Lipinski definition) is 0. The molecule has 18 heavy (non-hydrogen) atoms. The maximum absolute atomic E-state index is 8.92. The molecule has 0 N–H and O–H groups in total. The zero-order chi connectivity index (χ0) is 13.0. The topological polar surface area (TPSA) is 27.0 Å². The third-order valence-corrected chi connectivity index (χ3v) is 4.02. The highest BCUT2D eigenvalue weighted by atomic mass is 32.1. The molecular weight excluding hydrogens is 240 g/mol. The van der Waals surface area contributed by atoms with E-state index in [1.54, 1.807) is 11.3 Å². The summed E-state index contributed by atoms with van der Waals surface area (Å²) >= 11 is 1.79. The van der Waals surface area contributed by atoms with Gasteiger partial charge < -0.3 is 4.90 Å². The van der Waals surface area contributed by atoms with E-state index in [2.05, 4.69) is 42.5 Å². The van der Waals surface area contributed by atoms with Crippen LogP contribution in [0.5, 0.6) is 0 Å². The van der Waals surface area contributed by atoms with Gasteiger partial charge in [0.05, 0.1) is 11.6 Å². The lowest BCUT2D eigenvalue weighted by atomic mass is 10.1. The van der Waals surface area contributed by atoms with Crippen LogP contribution in [0.2, 0.25) is 0 Å². The van der Waals surface area contributed by atoms with Crippen LogP contribution in [-0.2, 0) is 6.42 Å². The second kappa shape index (κ2) is 5.70. The molecule has 92 valence electrons. The summed E-state index contributed by atoms with van der Waals surface area (Å²) in [5, 5.41) is 11.0. The number of likely N-dealkylation sites (N-methyl/N-ethyl adjacent to an activating group) is 1. The average Bonchev–Trinajstić information content (AvgIpc) is 2.90. The molecule has 1 aromatic carbocycles. The molecule has 0 amide bonds. The van der Waals surface area contributed by atoms with Crippen molar-refractivity contribution in [1.29, 1.82) is 5.26 Å². The van der Waals surface area contributed by atoms with Crippen LogP contribution in [0, 0.1) is 11.3 Å². The molecule has 1 atom stereocenters. The van der Waals surface area contributed by atoms with Crippen molar-refractivity contribution in [1.82, 2.24) is 0 Å². The summed E-state index contributed by atoms with van der Waals surface area (Å²) in [4.78, 5) is 3.62. The first-order chi connectivity index (χ1) is 8.70. The fourth-order valence-corrected chi connectivity index (χ4v) is 2.73. The van der Waals surface area contributed by atoms with Gasteiger partial charge in [-0.15, -0.1) is 11.3 Å². The summed E-state index contributed by atoms with van der Waals surface area (Å²) in [6, 6.07) is 14.6. The third-order valence-electron chi connectivity index (χ3n) is 3.12. The summed E-state index contributed by atoms with van der Waals surface area (Å²) in [7, 11) is 2.08. The zero-order valence-corrected chi connectivity index (χ0v) is 11.4.